The van der Waals surface area contributed by atoms with Gasteiger partial charge >= 0.3 is 17.8 Å². The second kappa shape index (κ2) is 12.2. The Bertz CT molecular complexity index is 1310. The summed E-state index contributed by atoms with van der Waals surface area (Å²) in [6, 6.07) is 11.0. The Morgan fingerprint density at radius 1 is 1.17 bits per heavy atom. The molecule has 15 heteroatoms. The second-order valence-corrected chi connectivity index (χ2v) is 8.13. The van der Waals surface area contributed by atoms with E-state index in [0.29, 0.717) is 5.56 Å². The van der Waals surface area contributed by atoms with Gasteiger partial charge in [-0.05, 0) is 18.2 Å². The van der Waals surface area contributed by atoms with Crippen LogP contribution < -0.4 is 16.7 Å². The normalized spacial score (nSPS) is 10.9. The first kappa shape index (κ1) is 28.4. The van der Waals surface area contributed by atoms with E-state index in [4.69, 9.17) is 15.6 Å². The molecule has 0 spiro atoms. The van der Waals surface area contributed by atoms with Gasteiger partial charge in [0, 0.05) is 40.0 Å². The molecule has 9 nitrogen and oxygen atoms in total. The van der Waals surface area contributed by atoms with Crippen LogP contribution in [-0.4, -0.2) is 51.1 Å². The highest BCUT2D eigenvalue weighted by Crippen LogP contribution is 2.31. The molecule has 0 fully saturated rings. The molecule has 194 valence electrons. The third kappa shape index (κ3) is 7.32. The van der Waals surface area contributed by atoms with E-state index in [2.05, 4.69) is 10.4 Å². The van der Waals surface area contributed by atoms with Crippen LogP contribution in [0.4, 0.5) is 22.0 Å². The van der Waals surface area contributed by atoms with E-state index in [9.17, 15) is 31.5 Å². The first-order valence-corrected chi connectivity index (χ1v) is 10.8. The number of carbonyl (C=O) groups excluding carboxylic acids is 1. The van der Waals surface area contributed by atoms with Gasteiger partial charge in [-0.2, -0.15) is 27.1 Å². The van der Waals surface area contributed by atoms with Crippen LogP contribution in [-0.2, 0) is 17.9 Å². The van der Waals surface area contributed by atoms with Gasteiger partial charge in [0.15, 0.2) is 0 Å². The summed E-state index contributed by atoms with van der Waals surface area (Å²) in [4.78, 5) is 35.1. The molecule has 0 bridgehead atoms. The summed E-state index contributed by atoms with van der Waals surface area (Å²) in [7, 11) is 1.57. The monoisotopic (exact) mass is 533 g/mol. The predicted octanol–water partition coefficient (Wildman–Crippen LogP) is 2.92. The molecule has 0 aliphatic heterocycles. The number of aromatic nitrogens is 3. The topological polar surface area (TPSA) is 132 Å². The van der Waals surface area contributed by atoms with Crippen molar-refractivity contribution in [3.05, 3.63) is 75.3 Å². The van der Waals surface area contributed by atoms with E-state index >= 15 is 0 Å². The van der Waals surface area contributed by atoms with E-state index in [1.165, 1.54) is 22.2 Å². The van der Waals surface area contributed by atoms with E-state index in [-0.39, 0.29) is 31.1 Å². The maximum Gasteiger partial charge on any atom is 0.490 e. The Morgan fingerprint density at radius 2 is 1.81 bits per heavy atom. The third-order valence-electron chi connectivity index (χ3n) is 4.55. The zero-order chi connectivity index (χ0) is 27.0. The van der Waals surface area contributed by atoms with E-state index in [0.717, 1.165) is 20.0 Å². The Morgan fingerprint density at radius 3 is 2.36 bits per heavy atom. The number of rotatable bonds is 7. The number of nitrogens with one attached hydrogen (secondary N) is 1. The lowest BCUT2D eigenvalue weighted by atomic mass is 10.1. The molecular formula is C21H20F5N5O4S. The number of halogens is 5. The molecule has 0 saturated carbocycles. The van der Waals surface area contributed by atoms with Crippen molar-refractivity contribution in [3.63, 3.8) is 0 Å². The van der Waals surface area contributed by atoms with Gasteiger partial charge in [0.1, 0.15) is 6.33 Å². The summed E-state index contributed by atoms with van der Waals surface area (Å²) < 4.78 is 59.6. The molecule has 2 heterocycles. The number of nitrogens with zero attached hydrogens (tertiary/aromatic N) is 3. The molecular weight excluding hydrogens is 513 g/mol. The molecule has 4 N–H and O–H groups in total. The number of carboxylic acids is 1. The lowest BCUT2D eigenvalue weighted by Crippen LogP contribution is -2.27. The zero-order valence-electron chi connectivity index (χ0n) is 18.6. The summed E-state index contributed by atoms with van der Waals surface area (Å²) in [6.45, 7) is -0.452. The van der Waals surface area contributed by atoms with Crippen LogP contribution in [0, 0.1) is 0 Å². The molecule has 0 aliphatic carbocycles. The van der Waals surface area contributed by atoms with Gasteiger partial charge in [-0.25, -0.2) is 14.3 Å². The van der Waals surface area contributed by atoms with Crippen LogP contribution in [0.2, 0.25) is 0 Å². The molecule has 1 aromatic carbocycles. The number of alkyl halides is 3. The SMILES string of the molecule is CNC(=O)c1ccccc1-c1ccc(Cn2cnn(CC(CN)=C(F)F)c2=O)s1.O=C(O)C(F)(F)F. The maximum absolute atomic E-state index is 12.8. The van der Waals surface area contributed by atoms with Crippen molar-refractivity contribution in [3.8, 4) is 10.4 Å². The van der Waals surface area contributed by atoms with Crippen LogP contribution in [0.25, 0.3) is 10.4 Å². The van der Waals surface area contributed by atoms with E-state index in [1.807, 2.05) is 24.3 Å². The average molecular weight is 533 g/mol. The number of hydrogen-bond acceptors (Lipinski definition) is 6. The van der Waals surface area contributed by atoms with E-state index < -0.39 is 23.9 Å². The van der Waals surface area contributed by atoms with Gasteiger partial charge in [-0.15, -0.1) is 11.3 Å². The van der Waals surface area contributed by atoms with Gasteiger partial charge in [-0.1, -0.05) is 18.2 Å². The maximum atomic E-state index is 12.8. The first-order valence-electron chi connectivity index (χ1n) is 9.94. The van der Waals surface area contributed by atoms with Crippen molar-refractivity contribution in [1.82, 2.24) is 19.7 Å². The molecule has 0 unspecified atom stereocenters. The van der Waals surface area contributed by atoms with Crippen molar-refractivity contribution >= 4 is 23.2 Å². The van der Waals surface area contributed by atoms with Crippen molar-refractivity contribution in [1.29, 1.82) is 0 Å². The van der Waals surface area contributed by atoms with Gasteiger partial charge in [-0.3, -0.25) is 9.36 Å². The number of carbonyl (C=O) groups is 2. The minimum atomic E-state index is -5.08. The van der Waals surface area contributed by atoms with Crippen LogP contribution in [0.15, 0.2) is 59.2 Å². The third-order valence-corrected chi connectivity index (χ3v) is 5.65. The molecule has 36 heavy (non-hydrogen) atoms. The van der Waals surface area contributed by atoms with Crippen LogP contribution >= 0.6 is 11.3 Å². The number of benzene rings is 1. The summed E-state index contributed by atoms with van der Waals surface area (Å²) in [6.07, 6.45) is -5.67. The largest absolute Gasteiger partial charge is 0.490 e. The molecule has 1 amide bonds. The Kier molecular flexibility index (Phi) is 9.63. The molecule has 0 saturated heterocycles. The molecule has 3 rings (SSSR count). The average Bonchev–Trinajstić information content (AvgIpc) is 3.43. The fourth-order valence-electron chi connectivity index (χ4n) is 2.78. The highest BCUT2D eigenvalue weighted by atomic mass is 32.1. The number of aliphatic carboxylic acids is 1. The van der Waals surface area contributed by atoms with Gasteiger partial charge in [0.25, 0.3) is 12.0 Å². The fourth-order valence-corrected chi connectivity index (χ4v) is 3.82. The predicted molar refractivity (Wildman–Crippen MR) is 121 cm³/mol. The van der Waals surface area contributed by atoms with Gasteiger partial charge in [0.2, 0.25) is 0 Å². The molecule has 0 atom stereocenters. The van der Waals surface area contributed by atoms with Crippen LogP contribution in [0.3, 0.4) is 0 Å². The number of hydrogen-bond donors (Lipinski definition) is 3. The highest BCUT2D eigenvalue weighted by molar-refractivity contribution is 7.15. The Labute approximate surface area is 204 Å². The standard InChI is InChI=1S/C19H19F2N5O2S.C2HF3O2/c1-23-18(27)15-5-3-2-4-14(15)16-7-6-13(29-16)10-25-11-24-26(19(25)28)9-12(8-22)17(20)21;3-2(4,5)1(6)7/h2-7,11H,8-10,22H2,1H3,(H,23,27);(H,6,7). The fraction of sp³-hybridized carbons (Fsp3) is 0.238. The Balaban J connectivity index is 0.000000572. The van der Waals surface area contributed by atoms with Crippen LogP contribution in [0.5, 0.6) is 0 Å². The molecule has 3 aromatic rings. The van der Waals surface area contributed by atoms with Gasteiger partial charge < -0.3 is 16.2 Å². The number of amides is 1. The van der Waals surface area contributed by atoms with Crippen molar-refractivity contribution in [2.45, 2.75) is 19.3 Å². The van der Waals surface area contributed by atoms with Crippen LogP contribution in [0.1, 0.15) is 15.2 Å². The summed E-state index contributed by atoms with van der Waals surface area (Å²) in [5, 5.41) is 13.6. The quantitative estimate of drug-likeness (QED) is 0.400. The summed E-state index contributed by atoms with van der Waals surface area (Å²) >= 11 is 1.44. The second-order valence-electron chi connectivity index (χ2n) is 6.96. The van der Waals surface area contributed by atoms with E-state index in [1.54, 1.807) is 19.2 Å². The molecule has 0 radical (unpaired) electrons. The summed E-state index contributed by atoms with van der Waals surface area (Å²) in [5.41, 5.74) is 5.81. The number of nitrogens with two attached hydrogens (primary N) is 1. The zero-order valence-corrected chi connectivity index (χ0v) is 19.4. The Hall–Kier alpha value is -3.85. The minimum Gasteiger partial charge on any atom is -0.475 e. The highest BCUT2D eigenvalue weighted by Gasteiger charge is 2.38. The van der Waals surface area contributed by atoms with Crippen molar-refractivity contribution in [2.75, 3.05) is 13.6 Å². The number of thiophene rings is 1. The minimum absolute atomic E-state index is 0.183. The number of carboxylic acid groups (broad SMARTS) is 1. The lowest BCUT2D eigenvalue weighted by Gasteiger charge is -2.06. The lowest BCUT2D eigenvalue weighted by molar-refractivity contribution is -0.192. The summed E-state index contributed by atoms with van der Waals surface area (Å²) in [5.74, 6) is -2.94. The first-order chi connectivity index (χ1) is 16.9. The van der Waals surface area contributed by atoms with Crippen molar-refractivity contribution < 1.29 is 36.6 Å². The van der Waals surface area contributed by atoms with Gasteiger partial charge in [0.05, 0.1) is 13.1 Å². The molecule has 2 aromatic heterocycles. The smallest absolute Gasteiger partial charge is 0.475 e. The van der Waals surface area contributed by atoms with Crippen molar-refractivity contribution in [2.24, 2.45) is 5.73 Å². The molecule has 0 aliphatic rings.